The van der Waals surface area contributed by atoms with E-state index in [0.717, 1.165) is 12.1 Å². The van der Waals surface area contributed by atoms with Gasteiger partial charge in [0.2, 0.25) is 0 Å². The van der Waals surface area contributed by atoms with E-state index in [1.807, 2.05) is 20.8 Å². The zero-order chi connectivity index (χ0) is 22.2. The third-order valence-corrected chi connectivity index (χ3v) is 5.21. The van der Waals surface area contributed by atoms with Crippen LogP contribution < -0.4 is 14.7 Å². The molecule has 1 aromatic rings. The Morgan fingerprint density at radius 1 is 1.31 bits per heavy atom. The molecule has 12 heteroatoms. The molecule has 0 bridgehead atoms. The number of nitro groups is 1. The first-order valence-corrected chi connectivity index (χ1v) is 10.3. The molecule has 0 aliphatic carbocycles. The number of nitro benzene ring substituents is 1. The van der Waals surface area contributed by atoms with Crippen molar-refractivity contribution in [3.05, 3.63) is 34.4 Å². The van der Waals surface area contributed by atoms with Gasteiger partial charge in [0, 0.05) is 12.1 Å². The van der Waals surface area contributed by atoms with Gasteiger partial charge in [0.1, 0.15) is 18.1 Å². The molecule has 162 valence electrons. The molecular formula is C17H26N3O8P. The number of non-ortho nitro benzene ring substituents is 1. The molecule has 1 rings (SSSR count). The average Bonchev–Trinajstić information content (AvgIpc) is 2.59. The number of carbonyl (C=O) groups is 2. The molecule has 0 fully saturated rings. The molecule has 0 aliphatic heterocycles. The Morgan fingerprint density at radius 3 is 2.34 bits per heavy atom. The molecule has 0 saturated heterocycles. The lowest BCUT2D eigenvalue weighted by Crippen LogP contribution is -2.42. The maximum Gasteiger partial charge on any atom is 0.391 e. The molecule has 0 radical (unpaired) electrons. The van der Waals surface area contributed by atoms with Gasteiger partial charge in [-0.2, -0.15) is 0 Å². The fraction of sp³-hybridized carbons (Fsp3) is 0.529. The van der Waals surface area contributed by atoms with Crippen LogP contribution in [0.5, 0.6) is 5.75 Å². The van der Waals surface area contributed by atoms with Crippen LogP contribution in [0.1, 0.15) is 27.7 Å². The van der Waals surface area contributed by atoms with Crippen LogP contribution in [-0.2, 0) is 18.9 Å². The maximum atomic E-state index is 13.2. The van der Waals surface area contributed by atoms with Crippen LogP contribution in [0, 0.1) is 15.5 Å². The molecule has 0 aliphatic rings. The van der Waals surface area contributed by atoms with Crippen molar-refractivity contribution in [3.8, 4) is 5.75 Å². The number of rotatable bonds is 12. The average molecular weight is 431 g/mol. The number of carbonyl (C=O) groups excluding carboxylic acids is 1. The maximum absolute atomic E-state index is 13.2. The molecule has 29 heavy (non-hydrogen) atoms. The van der Waals surface area contributed by atoms with Gasteiger partial charge >= 0.3 is 13.6 Å². The molecule has 3 N–H and O–H groups in total. The van der Waals surface area contributed by atoms with Gasteiger partial charge in [-0.1, -0.05) is 20.8 Å². The Kier molecular flexibility index (Phi) is 8.90. The van der Waals surface area contributed by atoms with Gasteiger partial charge in [0.05, 0.1) is 24.2 Å². The third kappa shape index (κ3) is 9.14. The van der Waals surface area contributed by atoms with Gasteiger partial charge in [0.15, 0.2) is 0 Å². The number of hydrogen-bond donors (Lipinski definition) is 3. The molecule has 1 aromatic carbocycles. The normalized spacial score (nSPS) is 15.7. The summed E-state index contributed by atoms with van der Waals surface area (Å²) in [7, 11) is -4.11. The van der Waals surface area contributed by atoms with Crippen molar-refractivity contribution in [2.45, 2.75) is 39.8 Å². The number of carboxylic acid groups (broad SMARTS) is 1. The van der Waals surface area contributed by atoms with Crippen LogP contribution in [0.4, 0.5) is 5.69 Å². The third-order valence-electron chi connectivity index (χ3n) is 3.35. The van der Waals surface area contributed by atoms with E-state index in [0.29, 0.717) is 12.9 Å². The van der Waals surface area contributed by atoms with Gasteiger partial charge in [0.25, 0.3) is 5.69 Å². The van der Waals surface area contributed by atoms with Crippen molar-refractivity contribution in [3.63, 3.8) is 0 Å². The fourth-order valence-electron chi connectivity index (χ4n) is 1.99. The number of nitrogens with one attached hydrogen (secondary N) is 2. The Hall–Kier alpha value is -2.33. The van der Waals surface area contributed by atoms with Crippen LogP contribution in [0.3, 0.4) is 0 Å². The minimum atomic E-state index is -4.11. The van der Waals surface area contributed by atoms with Gasteiger partial charge in [-0.3, -0.25) is 14.9 Å². The van der Waals surface area contributed by atoms with E-state index in [1.165, 1.54) is 19.1 Å². The number of nitrogens with zero attached hydrogens (tertiary/aromatic N) is 1. The largest absolute Gasteiger partial charge is 0.480 e. The molecule has 2 unspecified atom stereocenters. The molecule has 0 aromatic heterocycles. The highest BCUT2D eigenvalue weighted by atomic mass is 31.2. The van der Waals surface area contributed by atoms with Crippen LogP contribution >= 0.6 is 7.67 Å². The van der Waals surface area contributed by atoms with E-state index in [9.17, 15) is 24.3 Å². The van der Waals surface area contributed by atoms with E-state index in [2.05, 4.69) is 10.2 Å². The molecule has 0 spiro atoms. The number of aliphatic carboxylic acids is 1. The number of benzene rings is 1. The second kappa shape index (κ2) is 10.4. The summed E-state index contributed by atoms with van der Waals surface area (Å²) in [6.07, 6.45) is 0.474. The van der Waals surface area contributed by atoms with Crippen molar-refractivity contribution in [1.82, 2.24) is 10.2 Å². The second-order valence-electron chi connectivity index (χ2n) is 7.53. The van der Waals surface area contributed by atoms with Gasteiger partial charge in [-0.05, 0) is 24.5 Å². The van der Waals surface area contributed by atoms with Crippen LogP contribution in [0.15, 0.2) is 24.3 Å². The number of carboxylic acids is 1. The first-order chi connectivity index (χ1) is 13.3. The van der Waals surface area contributed by atoms with Crippen molar-refractivity contribution < 1.29 is 33.4 Å². The number of hydrogen-bond acceptors (Lipinski definition) is 7. The van der Waals surface area contributed by atoms with Crippen molar-refractivity contribution in [2.24, 2.45) is 5.41 Å². The van der Waals surface area contributed by atoms with Crippen LogP contribution in [-0.4, -0.2) is 47.6 Å². The minimum absolute atomic E-state index is 0.0169. The first kappa shape index (κ1) is 24.7. The Morgan fingerprint density at radius 2 is 1.90 bits per heavy atom. The molecule has 0 heterocycles. The molecule has 11 nitrogen and oxygen atoms in total. The van der Waals surface area contributed by atoms with Crippen LogP contribution in [0.2, 0.25) is 0 Å². The summed E-state index contributed by atoms with van der Waals surface area (Å²) in [6, 6.07) is 2.40. The van der Waals surface area contributed by atoms with Crippen molar-refractivity contribution in [2.75, 3.05) is 13.2 Å². The molecule has 0 amide bonds. The predicted molar refractivity (Wildman–Crippen MR) is 105 cm³/mol. The lowest BCUT2D eigenvalue weighted by molar-refractivity contribution is -0.384. The summed E-state index contributed by atoms with van der Waals surface area (Å²) in [4.78, 5) is 32.7. The predicted octanol–water partition coefficient (Wildman–Crippen LogP) is 2.36. The topological polar surface area (TPSA) is 157 Å². The van der Waals surface area contributed by atoms with Crippen molar-refractivity contribution >= 4 is 25.6 Å². The standard InChI is InChI=1S/C17H26N3O8P/c1-12(16(22)23)18-29(26,19-13(9-21)10-27-11-17(2,3)4)28-15-7-5-14(6-8-15)20(24)25/h5-9,12-13H,10-11H2,1-4H3,(H,22,23)(H2,18,19,26)/t12?,13-,29?/m1/s1. The SMILES string of the molecule is CC(NP(=O)(N[C@H](C=O)COCC(C)(C)C)Oc1ccc([N+](=O)[O-])cc1)C(=O)O. The summed E-state index contributed by atoms with van der Waals surface area (Å²) in [6.45, 7) is 7.30. The summed E-state index contributed by atoms with van der Waals surface area (Å²) in [5.41, 5.74) is -0.351. The Bertz CT molecular complexity index is 763. The summed E-state index contributed by atoms with van der Waals surface area (Å²) in [5.74, 6) is -1.30. The second-order valence-corrected chi connectivity index (χ2v) is 9.33. The van der Waals surface area contributed by atoms with Gasteiger partial charge in [-0.25, -0.2) is 14.7 Å². The number of ether oxygens (including phenoxy) is 1. The highest BCUT2D eigenvalue weighted by Gasteiger charge is 2.32. The van der Waals surface area contributed by atoms with Gasteiger partial charge < -0.3 is 19.2 Å². The summed E-state index contributed by atoms with van der Waals surface area (Å²) in [5, 5.41) is 24.6. The van der Waals surface area contributed by atoms with E-state index >= 15 is 0 Å². The highest BCUT2D eigenvalue weighted by molar-refractivity contribution is 7.55. The lowest BCUT2D eigenvalue weighted by Gasteiger charge is -2.26. The van der Waals surface area contributed by atoms with E-state index < -0.39 is 30.6 Å². The minimum Gasteiger partial charge on any atom is -0.480 e. The summed E-state index contributed by atoms with van der Waals surface area (Å²) < 4.78 is 24.0. The highest BCUT2D eigenvalue weighted by Crippen LogP contribution is 2.40. The zero-order valence-electron chi connectivity index (χ0n) is 16.7. The smallest absolute Gasteiger partial charge is 0.391 e. The summed E-state index contributed by atoms with van der Waals surface area (Å²) >= 11 is 0. The quantitative estimate of drug-likeness (QED) is 0.194. The first-order valence-electron chi connectivity index (χ1n) is 8.71. The zero-order valence-corrected chi connectivity index (χ0v) is 17.5. The molecule has 0 saturated carbocycles. The Balaban J connectivity index is 2.97. The van der Waals surface area contributed by atoms with E-state index in [1.54, 1.807) is 0 Å². The monoisotopic (exact) mass is 431 g/mol. The van der Waals surface area contributed by atoms with Gasteiger partial charge in [-0.15, -0.1) is 0 Å². The molecular weight excluding hydrogens is 405 g/mol. The van der Waals surface area contributed by atoms with E-state index in [-0.39, 0.29) is 23.5 Å². The van der Waals surface area contributed by atoms with E-state index in [4.69, 9.17) is 14.4 Å². The number of aldehydes is 1. The Labute approximate surface area is 168 Å². The van der Waals surface area contributed by atoms with Crippen molar-refractivity contribution in [1.29, 1.82) is 0 Å². The lowest BCUT2D eigenvalue weighted by atomic mass is 9.99. The fourth-order valence-corrected chi connectivity index (χ4v) is 3.79. The molecule has 3 atom stereocenters. The van der Waals surface area contributed by atoms with Crippen LogP contribution in [0.25, 0.3) is 0 Å².